The number of carbonyl (C=O) groups is 2. The highest BCUT2D eigenvalue weighted by atomic mass is 16.6. The molecule has 4 atom stereocenters. The second-order valence-electron chi connectivity index (χ2n) is 4.98. The Labute approximate surface area is 99.8 Å². The quantitative estimate of drug-likeness (QED) is 0.546. The molecule has 0 amide bonds. The lowest BCUT2D eigenvalue weighted by molar-refractivity contribution is -0.315. The smallest absolute Gasteiger partial charge is 0.0844 e. The molecular formula is C12H16O5-2. The van der Waals surface area contributed by atoms with Gasteiger partial charge in [0.1, 0.15) is 0 Å². The number of aliphatic carboxylic acids is 2. The van der Waals surface area contributed by atoms with Crippen LogP contribution in [0.3, 0.4) is 0 Å². The summed E-state index contributed by atoms with van der Waals surface area (Å²) in [5.41, 5.74) is 0. The van der Waals surface area contributed by atoms with Gasteiger partial charge in [0.25, 0.3) is 0 Å². The molecule has 2 aliphatic rings. The van der Waals surface area contributed by atoms with Gasteiger partial charge in [-0.2, -0.15) is 0 Å². The van der Waals surface area contributed by atoms with Crippen molar-refractivity contribution < 1.29 is 24.5 Å². The van der Waals surface area contributed by atoms with Gasteiger partial charge in [-0.3, -0.25) is 0 Å². The standard InChI is InChI=1S/C12H18O5/c13-11(14)3-1-2-8(12(15)16)7-4-5-9-10(6-7)17-9/h7-10H,1-6H2,(H,13,14)(H,15,16)/p-2. The van der Waals surface area contributed by atoms with E-state index in [1.807, 2.05) is 0 Å². The Kier molecular flexibility index (Phi) is 3.66. The number of ether oxygens (including phenoxy) is 1. The Bertz CT molecular complexity index is 314. The number of carboxylic acids is 2. The summed E-state index contributed by atoms with van der Waals surface area (Å²) in [7, 11) is 0. The van der Waals surface area contributed by atoms with Gasteiger partial charge < -0.3 is 24.5 Å². The minimum Gasteiger partial charge on any atom is -0.550 e. The number of epoxide rings is 1. The summed E-state index contributed by atoms with van der Waals surface area (Å²) in [6.45, 7) is 0. The normalized spacial score (nSPS) is 32.6. The molecule has 0 aromatic carbocycles. The highest BCUT2D eigenvalue weighted by Crippen LogP contribution is 2.43. The fourth-order valence-electron chi connectivity index (χ4n) is 2.81. The van der Waals surface area contributed by atoms with E-state index in [9.17, 15) is 19.8 Å². The third kappa shape index (κ3) is 3.19. The van der Waals surface area contributed by atoms with E-state index in [0.29, 0.717) is 18.9 Å². The van der Waals surface area contributed by atoms with Crippen LogP contribution >= 0.6 is 0 Å². The Morgan fingerprint density at radius 2 is 2.00 bits per heavy atom. The van der Waals surface area contributed by atoms with Crippen molar-refractivity contribution in [1.29, 1.82) is 0 Å². The molecule has 0 spiro atoms. The number of carbonyl (C=O) groups excluding carboxylic acids is 2. The van der Waals surface area contributed by atoms with Crippen molar-refractivity contribution in [1.82, 2.24) is 0 Å². The topological polar surface area (TPSA) is 92.8 Å². The molecule has 5 nitrogen and oxygen atoms in total. The average Bonchev–Trinajstić information content (AvgIpc) is 3.01. The minimum atomic E-state index is -1.13. The van der Waals surface area contributed by atoms with Crippen LogP contribution in [0.4, 0.5) is 0 Å². The molecule has 4 unspecified atom stereocenters. The predicted molar refractivity (Wildman–Crippen MR) is 53.4 cm³/mol. The van der Waals surface area contributed by atoms with Crippen molar-refractivity contribution >= 4 is 11.9 Å². The molecular weight excluding hydrogens is 224 g/mol. The first-order valence-corrected chi connectivity index (χ1v) is 6.14. The van der Waals surface area contributed by atoms with E-state index in [1.165, 1.54) is 0 Å². The molecule has 1 saturated heterocycles. The molecule has 17 heavy (non-hydrogen) atoms. The van der Waals surface area contributed by atoms with Gasteiger partial charge >= 0.3 is 0 Å². The van der Waals surface area contributed by atoms with Crippen LogP contribution in [0.15, 0.2) is 0 Å². The summed E-state index contributed by atoms with van der Waals surface area (Å²) >= 11 is 0. The van der Waals surface area contributed by atoms with Crippen LogP contribution in [0.2, 0.25) is 0 Å². The van der Waals surface area contributed by atoms with E-state index in [1.54, 1.807) is 0 Å². The zero-order chi connectivity index (χ0) is 12.4. The molecule has 0 radical (unpaired) electrons. The van der Waals surface area contributed by atoms with Crippen molar-refractivity contribution in [3.05, 3.63) is 0 Å². The second-order valence-corrected chi connectivity index (χ2v) is 4.98. The first-order chi connectivity index (χ1) is 8.08. The number of hydrogen-bond acceptors (Lipinski definition) is 5. The molecule has 0 N–H and O–H groups in total. The fraction of sp³-hybridized carbons (Fsp3) is 0.833. The Morgan fingerprint density at radius 3 is 2.59 bits per heavy atom. The summed E-state index contributed by atoms with van der Waals surface area (Å²) in [5, 5.41) is 21.4. The largest absolute Gasteiger partial charge is 0.550 e. The fourth-order valence-corrected chi connectivity index (χ4v) is 2.81. The summed E-state index contributed by atoms with van der Waals surface area (Å²) in [5.74, 6) is -2.66. The van der Waals surface area contributed by atoms with Crippen molar-refractivity contribution in [2.75, 3.05) is 0 Å². The van der Waals surface area contributed by atoms with E-state index in [2.05, 4.69) is 0 Å². The van der Waals surface area contributed by atoms with Gasteiger partial charge in [-0.05, 0) is 44.4 Å². The highest BCUT2D eigenvalue weighted by molar-refractivity contribution is 5.68. The monoisotopic (exact) mass is 240 g/mol. The molecule has 1 saturated carbocycles. The van der Waals surface area contributed by atoms with Gasteiger partial charge in [-0.15, -0.1) is 0 Å². The summed E-state index contributed by atoms with van der Waals surface area (Å²) < 4.78 is 5.36. The molecule has 2 fully saturated rings. The highest BCUT2D eigenvalue weighted by Gasteiger charge is 2.45. The van der Waals surface area contributed by atoms with Crippen LogP contribution < -0.4 is 10.2 Å². The van der Waals surface area contributed by atoms with Gasteiger partial charge in [-0.1, -0.05) is 0 Å². The summed E-state index contributed by atoms with van der Waals surface area (Å²) in [4.78, 5) is 21.4. The average molecular weight is 240 g/mol. The number of rotatable bonds is 6. The Morgan fingerprint density at radius 1 is 1.24 bits per heavy atom. The van der Waals surface area contributed by atoms with Crippen LogP contribution in [-0.4, -0.2) is 24.1 Å². The van der Waals surface area contributed by atoms with Crippen LogP contribution in [-0.2, 0) is 14.3 Å². The zero-order valence-corrected chi connectivity index (χ0v) is 9.59. The zero-order valence-electron chi connectivity index (χ0n) is 9.59. The lowest BCUT2D eigenvalue weighted by atomic mass is 9.78. The predicted octanol–water partition coefficient (Wildman–Crippen LogP) is -1.16. The third-order valence-electron chi connectivity index (χ3n) is 3.81. The first-order valence-electron chi connectivity index (χ1n) is 6.14. The molecule has 1 aliphatic carbocycles. The lowest BCUT2D eigenvalue weighted by Crippen LogP contribution is -2.38. The first kappa shape index (κ1) is 12.4. The number of fused-ring (bicyclic) bond motifs is 1. The molecule has 0 bridgehead atoms. The van der Waals surface area contributed by atoms with Crippen molar-refractivity contribution in [2.45, 2.75) is 50.7 Å². The molecule has 0 aromatic heterocycles. The number of hydrogen-bond donors (Lipinski definition) is 0. The van der Waals surface area contributed by atoms with Crippen molar-refractivity contribution in [3.8, 4) is 0 Å². The maximum atomic E-state index is 11.1. The molecule has 1 aliphatic heterocycles. The number of carboxylic acid groups (broad SMARTS) is 2. The van der Waals surface area contributed by atoms with E-state index in [0.717, 1.165) is 19.3 Å². The Balaban J connectivity index is 1.83. The third-order valence-corrected chi connectivity index (χ3v) is 3.81. The maximum absolute atomic E-state index is 11.1. The van der Waals surface area contributed by atoms with E-state index < -0.39 is 17.9 Å². The summed E-state index contributed by atoms with van der Waals surface area (Å²) in [6, 6.07) is 0. The SMILES string of the molecule is O=C([O-])CCCC(C(=O)[O-])C1CCC2OC2C1. The maximum Gasteiger partial charge on any atom is 0.0844 e. The minimum absolute atomic E-state index is 0.0745. The second kappa shape index (κ2) is 5.04. The van der Waals surface area contributed by atoms with E-state index >= 15 is 0 Å². The van der Waals surface area contributed by atoms with Crippen LogP contribution in [0, 0.1) is 11.8 Å². The van der Waals surface area contributed by atoms with Crippen LogP contribution in [0.5, 0.6) is 0 Å². The van der Waals surface area contributed by atoms with Gasteiger partial charge in [-0.25, -0.2) is 0 Å². The van der Waals surface area contributed by atoms with Gasteiger partial charge in [0, 0.05) is 17.9 Å². The van der Waals surface area contributed by atoms with Crippen LogP contribution in [0.25, 0.3) is 0 Å². The van der Waals surface area contributed by atoms with Crippen molar-refractivity contribution in [2.24, 2.45) is 11.8 Å². The molecule has 2 rings (SSSR count). The van der Waals surface area contributed by atoms with E-state index in [4.69, 9.17) is 4.74 Å². The van der Waals surface area contributed by atoms with Gasteiger partial charge in [0.15, 0.2) is 0 Å². The van der Waals surface area contributed by atoms with Crippen molar-refractivity contribution in [3.63, 3.8) is 0 Å². The van der Waals surface area contributed by atoms with Gasteiger partial charge in [0.05, 0.1) is 12.2 Å². The lowest BCUT2D eigenvalue weighted by Gasteiger charge is -2.29. The molecule has 0 aromatic rings. The Hall–Kier alpha value is -1.10. The summed E-state index contributed by atoms with van der Waals surface area (Å²) in [6.07, 6.45) is 3.72. The molecule has 96 valence electrons. The van der Waals surface area contributed by atoms with Gasteiger partial charge in [0.2, 0.25) is 0 Å². The molecule has 1 heterocycles. The molecule has 5 heteroatoms. The van der Waals surface area contributed by atoms with E-state index in [-0.39, 0.29) is 18.4 Å². The van der Waals surface area contributed by atoms with Crippen LogP contribution in [0.1, 0.15) is 38.5 Å².